The van der Waals surface area contributed by atoms with E-state index in [2.05, 4.69) is 28.1 Å². The van der Waals surface area contributed by atoms with Gasteiger partial charge in [-0.15, -0.1) is 0 Å². The van der Waals surface area contributed by atoms with Crippen LogP contribution in [0, 0.1) is 22.7 Å². The summed E-state index contributed by atoms with van der Waals surface area (Å²) in [6.45, 7) is 0.335. The third-order valence-electron chi connectivity index (χ3n) is 4.00. The van der Waals surface area contributed by atoms with E-state index in [1.54, 1.807) is 6.07 Å². The number of benzene rings is 3. The summed E-state index contributed by atoms with van der Waals surface area (Å²) in [5.74, 6) is 0.710. The highest BCUT2D eigenvalue weighted by Crippen LogP contribution is 2.22. The molecule has 3 aromatic carbocycles. The van der Waals surface area contributed by atoms with Crippen molar-refractivity contribution in [2.75, 3.05) is 0 Å². The first-order chi connectivity index (χ1) is 13.2. The number of ether oxygens (including phenoxy) is 1. The van der Waals surface area contributed by atoms with Crippen LogP contribution in [0.4, 0.5) is 0 Å². The largest absolute Gasteiger partial charge is 0.489 e. The normalized spacial score (nSPS) is 10.7. The average molecular weight is 415 g/mol. The fraction of sp³-hybridized carbons (Fsp3) is 0.0435. The summed E-state index contributed by atoms with van der Waals surface area (Å²) < 4.78 is 6.75. The molecule has 0 radical (unpaired) electrons. The Morgan fingerprint density at radius 3 is 2.30 bits per heavy atom. The number of allylic oxidation sites excluding steroid dienone is 1. The van der Waals surface area contributed by atoms with Crippen LogP contribution in [0.15, 0.2) is 77.3 Å². The molecule has 3 nitrogen and oxygen atoms in total. The van der Waals surface area contributed by atoms with E-state index in [0.29, 0.717) is 23.5 Å². The highest BCUT2D eigenvalue weighted by Gasteiger charge is 2.03. The van der Waals surface area contributed by atoms with E-state index in [4.69, 9.17) is 10.00 Å². The van der Waals surface area contributed by atoms with Gasteiger partial charge in [0.05, 0.1) is 23.3 Å². The summed E-state index contributed by atoms with van der Waals surface area (Å²) in [5, 5.41) is 18.6. The molecule has 130 valence electrons. The summed E-state index contributed by atoms with van der Waals surface area (Å²) in [4.78, 5) is 0. The summed E-state index contributed by atoms with van der Waals surface area (Å²) in [5.41, 5.74) is 3.85. The van der Waals surface area contributed by atoms with Gasteiger partial charge < -0.3 is 4.74 Å². The van der Waals surface area contributed by atoms with Crippen molar-refractivity contribution in [1.82, 2.24) is 0 Å². The number of hydrogen-bond donors (Lipinski definition) is 0. The van der Waals surface area contributed by atoms with Crippen LogP contribution < -0.4 is 4.74 Å². The van der Waals surface area contributed by atoms with Gasteiger partial charge in [0, 0.05) is 10.0 Å². The molecule has 0 N–H and O–H groups in total. The zero-order valence-corrected chi connectivity index (χ0v) is 16.0. The first-order valence-electron chi connectivity index (χ1n) is 8.28. The molecule has 0 heterocycles. The molecule has 0 aliphatic carbocycles. The van der Waals surface area contributed by atoms with E-state index in [-0.39, 0.29) is 0 Å². The predicted octanol–water partition coefficient (Wildman–Crippen LogP) is 5.96. The maximum Gasteiger partial charge on any atom is 0.119 e. The number of hydrogen-bond acceptors (Lipinski definition) is 3. The Hall–Kier alpha value is -3.34. The molecule has 0 aliphatic heterocycles. The first-order valence-corrected chi connectivity index (χ1v) is 9.07. The van der Waals surface area contributed by atoms with Gasteiger partial charge in [0.2, 0.25) is 0 Å². The molecule has 0 saturated carbocycles. The quantitative estimate of drug-likeness (QED) is 0.381. The lowest BCUT2D eigenvalue weighted by atomic mass is 10.0. The van der Waals surface area contributed by atoms with Gasteiger partial charge >= 0.3 is 0 Å². The molecule has 0 amide bonds. The molecule has 3 rings (SSSR count). The van der Waals surface area contributed by atoms with E-state index >= 15 is 0 Å². The summed E-state index contributed by atoms with van der Waals surface area (Å²) in [7, 11) is 0. The number of rotatable bonds is 5. The lowest BCUT2D eigenvalue weighted by Gasteiger charge is -2.08. The molecule has 0 aliphatic rings. The molecule has 0 spiro atoms. The monoisotopic (exact) mass is 414 g/mol. The molecule has 0 bridgehead atoms. The maximum absolute atomic E-state index is 9.44. The lowest BCUT2D eigenvalue weighted by molar-refractivity contribution is 0.306. The topological polar surface area (TPSA) is 56.8 Å². The molecular formula is C23H15BrN2O. The Labute approximate surface area is 166 Å². The minimum atomic E-state index is 0.335. The van der Waals surface area contributed by atoms with Gasteiger partial charge in [-0.25, -0.2) is 0 Å². The number of nitriles is 2. The van der Waals surface area contributed by atoms with Gasteiger partial charge in [-0.2, -0.15) is 10.5 Å². The Kier molecular flexibility index (Phi) is 6.05. The van der Waals surface area contributed by atoms with E-state index in [0.717, 1.165) is 21.2 Å². The second kappa shape index (κ2) is 8.85. The Balaban J connectivity index is 1.72. The third kappa shape index (κ3) is 4.85. The van der Waals surface area contributed by atoms with Gasteiger partial charge in [-0.1, -0.05) is 58.4 Å². The second-order valence-corrected chi connectivity index (χ2v) is 6.72. The molecule has 0 atom stereocenters. The summed E-state index contributed by atoms with van der Waals surface area (Å²) in [6, 6.07) is 27.0. The maximum atomic E-state index is 9.44. The van der Waals surface area contributed by atoms with Crippen LogP contribution in [0.1, 0.15) is 22.3 Å². The van der Waals surface area contributed by atoms with Gasteiger partial charge in [0.25, 0.3) is 0 Å². The molecule has 0 saturated heterocycles. The predicted molar refractivity (Wildman–Crippen MR) is 110 cm³/mol. The minimum Gasteiger partial charge on any atom is -0.489 e. The van der Waals surface area contributed by atoms with Crippen molar-refractivity contribution in [2.45, 2.75) is 6.61 Å². The van der Waals surface area contributed by atoms with Crippen LogP contribution in [0.25, 0.3) is 11.6 Å². The second-order valence-electron chi connectivity index (χ2n) is 5.80. The van der Waals surface area contributed by atoms with E-state index in [1.807, 2.05) is 72.8 Å². The van der Waals surface area contributed by atoms with Crippen molar-refractivity contribution >= 4 is 27.6 Å². The highest BCUT2D eigenvalue weighted by molar-refractivity contribution is 9.10. The van der Waals surface area contributed by atoms with Crippen LogP contribution in [0.2, 0.25) is 0 Å². The van der Waals surface area contributed by atoms with Crippen LogP contribution >= 0.6 is 15.9 Å². The van der Waals surface area contributed by atoms with Gasteiger partial charge in [0.1, 0.15) is 12.4 Å². The smallest absolute Gasteiger partial charge is 0.119 e. The van der Waals surface area contributed by atoms with Crippen LogP contribution in [-0.2, 0) is 6.61 Å². The van der Waals surface area contributed by atoms with Crippen molar-refractivity contribution in [3.05, 3.63) is 99.5 Å². The van der Waals surface area contributed by atoms with E-state index in [1.165, 1.54) is 0 Å². The van der Waals surface area contributed by atoms with Crippen molar-refractivity contribution < 1.29 is 4.74 Å². The standard InChI is InChI=1S/C23H15BrN2O/c24-22-9-7-18(8-10-22)21(15-26)13-17-5-11-23(12-6-17)27-16-20-4-2-1-3-19(20)14-25/h1-13H,16H2/b21-13-. The van der Waals surface area contributed by atoms with Crippen molar-refractivity contribution in [3.63, 3.8) is 0 Å². The minimum absolute atomic E-state index is 0.335. The number of halogens is 1. The third-order valence-corrected chi connectivity index (χ3v) is 4.53. The van der Waals surface area contributed by atoms with Crippen LogP contribution in [0.3, 0.4) is 0 Å². The van der Waals surface area contributed by atoms with Gasteiger partial charge in [0.15, 0.2) is 0 Å². The average Bonchev–Trinajstić information content (AvgIpc) is 2.72. The van der Waals surface area contributed by atoms with Gasteiger partial charge in [-0.3, -0.25) is 0 Å². The zero-order chi connectivity index (χ0) is 19.1. The SMILES string of the molecule is N#C/C(=C/c1ccc(OCc2ccccc2C#N)cc1)c1ccc(Br)cc1. The zero-order valence-electron chi connectivity index (χ0n) is 14.4. The summed E-state index contributed by atoms with van der Waals surface area (Å²) in [6.07, 6.45) is 1.85. The molecule has 3 aromatic rings. The van der Waals surface area contributed by atoms with Crippen LogP contribution in [-0.4, -0.2) is 0 Å². The van der Waals surface area contributed by atoms with E-state index < -0.39 is 0 Å². The molecule has 0 unspecified atom stereocenters. The molecule has 0 fully saturated rings. The van der Waals surface area contributed by atoms with Crippen molar-refractivity contribution in [2.24, 2.45) is 0 Å². The van der Waals surface area contributed by atoms with Crippen molar-refractivity contribution in [1.29, 1.82) is 10.5 Å². The molecule has 0 aromatic heterocycles. The lowest BCUT2D eigenvalue weighted by Crippen LogP contribution is -1.98. The Morgan fingerprint density at radius 1 is 0.926 bits per heavy atom. The molecule has 27 heavy (non-hydrogen) atoms. The highest BCUT2D eigenvalue weighted by atomic mass is 79.9. The van der Waals surface area contributed by atoms with Gasteiger partial charge in [-0.05, 0) is 47.5 Å². The fourth-order valence-electron chi connectivity index (χ4n) is 2.55. The Morgan fingerprint density at radius 2 is 1.63 bits per heavy atom. The fourth-order valence-corrected chi connectivity index (χ4v) is 2.82. The van der Waals surface area contributed by atoms with Crippen LogP contribution in [0.5, 0.6) is 5.75 Å². The number of nitrogens with zero attached hydrogens (tertiary/aromatic N) is 2. The Bertz CT molecular complexity index is 1040. The summed E-state index contributed by atoms with van der Waals surface area (Å²) >= 11 is 3.40. The molecule has 4 heteroatoms. The first kappa shape index (κ1) is 18.5. The molecular weight excluding hydrogens is 400 g/mol. The van der Waals surface area contributed by atoms with Crippen molar-refractivity contribution in [3.8, 4) is 17.9 Å². The van der Waals surface area contributed by atoms with E-state index in [9.17, 15) is 5.26 Å².